The van der Waals surface area contributed by atoms with Gasteiger partial charge >= 0.3 is 5.97 Å². The van der Waals surface area contributed by atoms with E-state index in [1.165, 1.54) is 0 Å². The number of nitrogens with zero attached hydrogens (tertiary/aromatic N) is 1. The minimum absolute atomic E-state index is 0.0734. The largest absolute Gasteiger partial charge is 0.460 e. The highest BCUT2D eigenvalue weighted by molar-refractivity contribution is 5.80. The first-order valence-corrected chi connectivity index (χ1v) is 11.0. The van der Waals surface area contributed by atoms with Gasteiger partial charge in [-0.25, -0.2) is 0 Å². The molecule has 12 nitrogen and oxygen atoms in total. The summed E-state index contributed by atoms with van der Waals surface area (Å²) < 4.78 is 26.5. The molecule has 0 bridgehead atoms. The topological polar surface area (TPSA) is 164 Å². The molecule has 0 saturated heterocycles. The number of hydrogen-bond donors (Lipinski definition) is 4. The molecule has 12 heteroatoms. The number of aliphatic hydroxyl groups is 4. The van der Waals surface area contributed by atoms with E-state index in [0.717, 1.165) is 4.90 Å². The summed E-state index contributed by atoms with van der Waals surface area (Å²) in [6, 6.07) is 0. The molecule has 0 aromatic carbocycles. The van der Waals surface area contributed by atoms with E-state index < -0.39 is 36.9 Å². The summed E-state index contributed by atoms with van der Waals surface area (Å²) in [5.41, 5.74) is -0.502. The molecule has 0 spiro atoms. The van der Waals surface area contributed by atoms with E-state index in [-0.39, 0.29) is 45.3 Å². The maximum atomic E-state index is 12.0. The van der Waals surface area contributed by atoms with Gasteiger partial charge in [-0.3, -0.25) is 9.59 Å². The fraction of sp³-hybridized carbons (Fsp3) is 0.905. The number of ether oxygens (including phenoxy) is 5. The molecule has 1 amide bonds. The fourth-order valence-corrected chi connectivity index (χ4v) is 2.38. The number of carbonyl (C=O) groups is 2. The molecule has 0 aromatic rings. The number of carbonyl (C=O) groups excluding carboxylic acids is 2. The smallest absolute Gasteiger partial charge is 0.308 e. The van der Waals surface area contributed by atoms with Gasteiger partial charge < -0.3 is 49.0 Å². The van der Waals surface area contributed by atoms with Crippen molar-refractivity contribution in [3.05, 3.63) is 0 Å². The lowest BCUT2D eigenvalue weighted by Gasteiger charge is -2.26. The van der Waals surface area contributed by atoms with Crippen LogP contribution in [0.4, 0.5) is 0 Å². The molecule has 33 heavy (non-hydrogen) atoms. The highest BCUT2D eigenvalue weighted by atomic mass is 16.6. The molecule has 2 atom stereocenters. The summed E-state index contributed by atoms with van der Waals surface area (Å²) >= 11 is 0. The van der Waals surface area contributed by atoms with Crippen molar-refractivity contribution in [1.29, 1.82) is 0 Å². The highest BCUT2D eigenvalue weighted by Crippen LogP contribution is 2.08. The van der Waals surface area contributed by atoms with Crippen molar-refractivity contribution in [2.24, 2.45) is 0 Å². The molecule has 0 fully saturated rings. The predicted molar refractivity (Wildman–Crippen MR) is 117 cm³/mol. The Labute approximate surface area is 195 Å². The first kappa shape index (κ1) is 31.6. The third-order valence-corrected chi connectivity index (χ3v) is 3.90. The Kier molecular flexibility index (Phi) is 18.2. The average Bonchev–Trinajstić information content (AvgIpc) is 2.75. The van der Waals surface area contributed by atoms with Crippen LogP contribution < -0.4 is 0 Å². The lowest BCUT2D eigenvalue weighted by Crippen LogP contribution is -2.46. The summed E-state index contributed by atoms with van der Waals surface area (Å²) in [4.78, 5) is 24.6. The predicted octanol–water partition coefficient (Wildman–Crippen LogP) is -1.68. The Bertz CT molecular complexity index is 513. The molecule has 0 aromatic heterocycles. The van der Waals surface area contributed by atoms with Crippen molar-refractivity contribution in [3.8, 4) is 0 Å². The number of rotatable bonds is 20. The number of amides is 1. The molecule has 2 unspecified atom stereocenters. The third kappa shape index (κ3) is 18.7. The van der Waals surface area contributed by atoms with Gasteiger partial charge in [0.25, 0.3) is 5.91 Å². The van der Waals surface area contributed by atoms with Gasteiger partial charge in [0.05, 0.1) is 78.6 Å². The zero-order chi connectivity index (χ0) is 25.1. The van der Waals surface area contributed by atoms with Crippen LogP contribution in [0.25, 0.3) is 0 Å². The van der Waals surface area contributed by atoms with Gasteiger partial charge in [0.1, 0.15) is 5.60 Å². The zero-order valence-corrected chi connectivity index (χ0v) is 19.9. The Morgan fingerprint density at radius 1 is 0.788 bits per heavy atom. The molecular formula is C21H41NO11. The van der Waals surface area contributed by atoms with Crippen LogP contribution in [0.15, 0.2) is 0 Å². The quantitative estimate of drug-likeness (QED) is 0.115. The van der Waals surface area contributed by atoms with Crippen LogP contribution in [0.2, 0.25) is 0 Å². The lowest BCUT2D eigenvalue weighted by molar-refractivity contribution is -0.156. The second-order valence-corrected chi connectivity index (χ2v) is 8.10. The van der Waals surface area contributed by atoms with E-state index in [2.05, 4.69) is 0 Å². The van der Waals surface area contributed by atoms with Gasteiger partial charge in [-0.2, -0.15) is 0 Å². The molecule has 0 heterocycles. The second kappa shape index (κ2) is 19.0. The van der Waals surface area contributed by atoms with Gasteiger partial charge in [0.15, 0.2) is 6.10 Å². The van der Waals surface area contributed by atoms with Crippen LogP contribution in [-0.2, 0) is 33.3 Å². The molecule has 0 saturated carbocycles. The van der Waals surface area contributed by atoms with Crippen LogP contribution in [0.1, 0.15) is 27.2 Å². The summed E-state index contributed by atoms with van der Waals surface area (Å²) in [7, 11) is 0. The van der Waals surface area contributed by atoms with E-state index in [4.69, 9.17) is 33.9 Å². The SMILES string of the molecule is CC(C)(C)OC(=O)CCOCCOCCOCCOCCN(CC(O)CO)C(=O)C(O)CO. The van der Waals surface area contributed by atoms with Crippen LogP contribution in [0.5, 0.6) is 0 Å². The molecule has 0 rings (SSSR count). The Morgan fingerprint density at radius 2 is 1.27 bits per heavy atom. The van der Waals surface area contributed by atoms with Gasteiger partial charge in [0, 0.05) is 13.1 Å². The number of esters is 1. The Morgan fingerprint density at radius 3 is 1.73 bits per heavy atom. The van der Waals surface area contributed by atoms with Crippen LogP contribution in [-0.4, -0.2) is 134 Å². The van der Waals surface area contributed by atoms with E-state index >= 15 is 0 Å². The molecule has 0 aliphatic carbocycles. The van der Waals surface area contributed by atoms with E-state index in [0.29, 0.717) is 33.0 Å². The normalized spacial score (nSPS) is 13.5. The lowest BCUT2D eigenvalue weighted by atomic mass is 10.2. The highest BCUT2D eigenvalue weighted by Gasteiger charge is 2.23. The van der Waals surface area contributed by atoms with E-state index in [1.54, 1.807) is 0 Å². The van der Waals surface area contributed by atoms with E-state index in [9.17, 15) is 19.8 Å². The van der Waals surface area contributed by atoms with Crippen molar-refractivity contribution in [3.63, 3.8) is 0 Å². The minimum Gasteiger partial charge on any atom is -0.460 e. The number of hydrogen-bond acceptors (Lipinski definition) is 11. The standard InChI is InChI=1S/C21H41NO11/c1-21(2,3)33-19(27)4-6-29-8-10-31-12-13-32-11-9-30-7-5-22(14-17(25)15-23)20(28)18(26)16-24/h17-18,23-26H,4-16H2,1-3H3. The summed E-state index contributed by atoms with van der Waals surface area (Å²) in [6.07, 6.45) is -2.55. The molecular weight excluding hydrogens is 442 g/mol. The van der Waals surface area contributed by atoms with Gasteiger partial charge in [-0.1, -0.05) is 0 Å². The van der Waals surface area contributed by atoms with Gasteiger partial charge in [0.2, 0.25) is 0 Å². The second-order valence-electron chi connectivity index (χ2n) is 8.10. The van der Waals surface area contributed by atoms with E-state index in [1.807, 2.05) is 20.8 Å². The molecule has 0 aliphatic rings. The molecule has 4 N–H and O–H groups in total. The summed E-state index contributed by atoms with van der Waals surface area (Å²) in [5.74, 6) is -1.06. The fourth-order valence-electron chi connectivity index (χ4n) is 2.38. The molecule has 0 aliphatic heterocycles. The maximum absolute atomic E-state index is 12.0. The minimum atomic E-state index is -1.59. The van der Waals surface area contributed by atoms with Crippen molar-refractivity contribution in [2.75, 3.05) is 79.2 Å². The third-order valence-electron chi connectivity index (χ3n) is 3.90. The van der Waals surface area contributed by atoms with Gasteiger partial charge in [-0.05, 0) is 20.8 Å². The Balaban J connectivity index is 3.65. The van der Waals surface area contributed by atoms with Crippen LogP contribution in [0.3, 0.4) is 0 Å². The van der Waals surface area contributed by atoms with Crippen molar-refractivity contribution < 1.29 is 53.7 Å². The Hall–Kier alpha value is -1.38. The van der Waals surface area contributed by atoms with Crippen LogP contribution in [0, 0.1) is 0 Å². The monoisotopic (exact) mass is 483 g/mol. The van der Waals surface area contributed by atoms with Crippen molar-refractivity contribution in [2.45, 2.75) is 45.0 Å². The first-order chi connectivity index (χ1) is 15.6. The zero-order valence-electron chi connectivity index (χ0n) is 19.9. The molecule has 0 radical (unpaired) electrons. The summed E-state index contributed by atoms with van der Waals surface area (Å²) in [5, 5.41) is 36.8. The first-order valence-electron chi connectivity index (χ1n) is 11.0. The molecule has 196 valence electrons. The summed E-state index contributed by atoms with van der Waals surface area (Å²) in [6.45, 7) is 6.47. The van der Waals surface area contributed by atoms with Gasteiger partial charge in [-0.15, -0.1) is 0 Å². The average molecular weight is 484 g/mol. The van der Waals surface area contributed by atoms with Crippen molar-refractivity contribution in [1.82, 2.24) is 4.90 Å². The number of aliphatic hydroxyl groups excluding tert-OH is 4. The van der Waals surface area contributed by atoms with Crippen LogP contribution >= 0.6 is 0 Å². The maximum Gasteiger partial charge on any atom is 0.308 e. The van der Waals surface area contributed by atoms with Crippen molar-refractivity contribution >= 4 is 11.9 Å².